The Morgan fingerprint density at radius 3 is 2.79 bits per heavy atom. The Morgan fingerprint density at radius 2 is 2.11 bits per heavy atom. The Balaban J connectivity index is 2.00. The molecule has 96 valence electrons. The predicted octanol–water partition coefficient (Wildman–Crippen LogP) is 2.49. The van der Waals surface area contributed by atoms with Gasteiger partial charge in [-0.1, -0.05) is 0 Å². The third-order valence-corrected chi connectivity index (χ3v) is 3.83. The van der Waals surface area contributed by atoms with Crippen molar-refractivity contribution in [1.82, 2.24) is 0 Å². The minimum atomic E-state index is -0.477. The summed E-state index contributed by atoms with van der Waals surface area (Å²) >= 11 is 1.57. The van der Waals surface area contributed by atoms with E-state index in [1.54, 1.807) is 29.5 Å². The summed E-state index contributed by atoms with van der Waals surface area (Å²) in [5.74, 6) is -0.365. The number of carbonyl (C=O) groups is 2. The van der Waals surface area contributed by atoms with Crippen LogP contribution in [0.25, 0.3) is 0 Å². The van der Waals surface area contributed by atoms with Gasteiger partial charge in [-0.15, -0.1) is 0 Å². The first-order valence-corrected chi connectivity index (χ1v) is 6.70. The zero-order valence-corrected chi connectivity index (χ0v) is 11.1. The molecular formula is C14H11NO3S. The van der Waals surface area contributed by atoms with Crippen LogP contribution in [0, 0.1) is 0 Å². The molecule has 1 aliphatic rings. The minimum absolute atomic E-state index is 0.416. The molecule has 1 aliphatic heterocycles. The molecule has 0 fully saturated rings. The molecule has 0 saturated heterocycles. The van der Waals surface area contributed by atoms with E-state index in [0.29, 0.717) is 23.5 Å². The van der Waals surface area contributed by atoms with E-state index in [1.807, 2.05) is 16.8 Å². The third-order valence-electron chi connectivity index (χ3n) is 3.10. The fraction of sp³-hybridized carbons (Fsp3) is 0.143. The van der Waals surface area contributed by atoms with Crippen LogP contribution in [0.15, 0.2) is 35.0 Å². The van der Waals surface area contributed by atoms with Crippen LogP contribution in [0.2, 0.25) is 0 Å². The molecule has 0 radical (unpaired) electrons. The van der Waals surface area contributed by atoms with Crippen LogP contribution in [0.5, 0.6) is 5.75 Å². The van der Waals surface area contributed by atoms with E-state index in [2.05, 4.69) is 0 Å². The first-order chi connectivity index (χ1) is 9.20. The van der Waals surface area contributed by atoms with E-state index in [4.69, 9.17) is 4.74 Å². The first-order valence-electron chi connectivity index (χ1n) is 5.76. The zero-order chi connectivity index (χ0) is 13.4. The molecule has 0 aliphatic carbocycles. The molecule has 1 aromatic carbocycles. The summed E-state index contributed by atoms with van der Waals surface area (Å²) in [5, 5.41) is 3.92. The highest BCUT2D eigenvalue weighted by atomic mass is 32.1. The van der Waals surface area contributed by atoms with Gasteiger partial charge in [-0.05, 0) is 40.6 Å². The van der Waals surface area contributed by atoms with Gasteiger partial charge in [-0.3, -0.25) is 9.59 Å². The lowest BCUT2D eigenvalue weighted by molar-refractivity contribution is -0.114. The number of carbonyl (C=O) groups excluding carboxylic acids is 2. The summed E-state index contributed by atoms with van der Waals surface area (Å²) in [6, 6.07) is 7.07. The largest absolute Gasteiger partial charge is 0.497 e. The van der Waals surface area contributed by atoms with E-state index in [0.717, 1.165) is 5.56 Å². The van der Waals surface area contributed by atoms with Gasteiger partial charge in [0.1, 0.15) is 5.75 Å². The maximum atomic E-state index is 12.0. The van der Waals surface area contributed by atoms with Crippen LogP contribution < -0.4 is 9.64 Å². The number of ketones is 1. The summed E-state index contributed by atoms with van der Waals surface area (Å²) < 4.78 is 5.08. The predicted molar refractivity (Wildman–Crippen MR) is 72.8 cm³/mol. The second kappa shape index (κ2) is 4.51. The van der Waals surface area contributed by atoms with Gasteiger partial charge in [0.25, 0.3) is 11.7 Å². The molecule has 0 N–H and O–H groups in total. The number of fused-ring (bicyclic) bond motifs is 1. The van der Waals surface area contributed by atoms with Crippen LogP contribution in [-0.2, 0) is 11.3 Å². The number of hydrogen-bond donors (Lipinski definition) is 0. The van der Waals surface area contributed by atoms with Gasteiger partial charge in [-0.25, -0.2) is 0 Å². The molecule has 0 bridgehead atoms. The Kier molecular flexibility index (Phi) is 2.83. The lowest BCUT2D eigenvalue weighted by atomic mass is 10.1. The number of methoxy groups -OCH3 is 1. The number of benzene rings is 1. The lowest BCUT2D eigenvalue weighted by Crippen LogP contribution is -2.28. The summed E-state index contributed by atoms with van der Waals surface area (Å²) in [6.45, 7) is 0.424. The average molecular weight is 273 g/mol. The normalized spacial score (nSPS) is 13.8. The van der Waals surface area contributed by atoms with Crippen molar-refractivity contribution < 1.29 is 14.3 Å². The molecule has 5 heteroatoms. The van der Waals surface area contributed by atoms with Crippen molar-refractivity contribution in [3.05, 3.63) is 46.2 Å². The number of anilines is 1. The highest BCUT2D eigenvalue weighted by Gasteiger charge is 2.36. The van der Waals surface area contributed by atoms with Gasteiger partial charge in [-0.2, -0.15) is 11.3 Å². The Morgan fingerprint density at radius 1 is 1.26 bits per heavy atom. The molecule has 1 amide bonds. The molecule has 2 heterocycles. The smallest absolute Gasteiger partial charge is 0.299 e. The van der Waals surface area contributed by atoms with Gasteiger partial charge in [0.2, 0.25) is 0 Å². The number of amides is 1. The highest BCUT2D eigenvalue weighted by Crippen LogP contribution is 2.33. The number of ether oxygens (including phenoxy) is 1. The number of hydrogen-bond acceptors (Lipinski definition) is 4. The molecule has 3 rings (SSSR count). The molecular weight excluding hydrogens is 262 g/mol. The second-order valence-corrected chi connectivity index (χ2v) is 5.02. The van der Waals surface area contributed by atoms with Crippen molar-refractivity contribution in [3.8, 4) is 5.75 Å². The lowest BCUT2D eigenvalue weighted by Gasteiger charge is -2.15. The van der Waals surface area contributed by atoms with E-state index in [9.17, 15) is 9.59 Å². The monoisotopic (exact) mass is 273 g/mol. The molecule has 19 heavy (non-hydrogen) atoms. The van der Waals surface area contributed by atoms with Crippen molar-refractivity contribution in [1.29, 1.82) is 0 Å². The van der Waals surface area contributed by atoms with Gasteiger partial charge < -0.3 is 9.64 Å². The Hall–Kier alpha value is -2.14. The van der Waals surface area contributed by atoms with Crippen LogP contribution in [0.3, 0.4) is 0 Å². The highest BCUT2D eigenvalue weighted by molar-refractivity contribution is 7.07. The molecule has 1 aromatic heterocycles. The number of nitrogens with zero attached hydrogens (tertiary/aromatic N) is 1. The topological polar surface area (TPSA) is 46.6 Å². The van der Waals surface area contributed by atoms with Crippen molar-refractivity contribution in [2.75, 3.05) is 12.0 Å². The molecule has 0 saturated carbocycles. The third kappa shape index (κ3) is 1.92. The molecule has 0 unspecified atom stereocenters. The maximum absolute atomic E-state index is 12.0. The van der Waals surface area contributed by atoms with E-state index in [-0.39, 0.29) is 0 Å². The van der Waals surface area contributed by atoms with Gasteiger partial charge >= 0.3 is 0 Å². The number of rotatable bonds is 3. The van der Waals surface area contributed by atoms with Gasteiger partial charge in [0.05, 0.1) is 24.9 Å². The van der Waals surface area contributed by atoms with E-state index in [1.165, 1.54) is 12.0 Å². The van der Waals surface area contributed by atoms with Crippen LogP contribution in [-0.4, -0.2) is 18.8 Å². The van der Waals surface area contributed by atoms with Crippen LogP contribution in [0.4, 0.5) is 5.69 Å². The fourth-order valence-electron chi connectivity index (χ4n) is 2.13. The number of thiophene rings is 1. The van der Waals surface area contributed by atoms with Crippen LogP contribution >= 0.6 is 11.3 Å². The van der Waals surface area contributed by atoms with Crippen molar-refractivity contribution in [2.24, 2.45) is 0 Å². The quantitative estimate of drug-likeness (QED) is 0.807. The summed E-state index contributed by atoms with van der Waals surface area (Å²) in [4.78, 5) is 25.5. The molecule has 4 nitrogen and oxygen atoms in total. The van der Waals surface area contributed by atoms with Gasteiger partial charge in [0, 0.05) is 0 Å². The summed E-state index contributed by atoms with van der Waals surface area (Å²) in [6.07, 6.45) is 0. The Labute approximate surface area is 114 Å². The molecule has 0 atom stereocenters. The maximum Gasteiger partial charge on any atom is 0.299 e. The van der Waals surface area contributed by atoms with E-state index < -0.39 is 11.7 Å². The molecule has 2 aromatic rings. The Bertz CT molecular complexity index is 649. The summed E-state index contributed by atoms with van der Waals surface area (Å²) in [5.41, 5.74) is 2.09. The first kappa shape index (κ1) is 11.9. The SMILES string of the molecule is COc1ccc2c(c1)C(=O)C(=O)N2Cc1ccsc1. The average Bonchev–Trinajstić information content (AvgIpc) is 3.02. The fourth-order valence-corrected chi connectivity index (χ4v) is 2.79. The second-order valence-electron chi connectivity index (χ2n) is 4.24. The summed E-state index contributed by atoms with van der Waals surface area (Å²) in [7, 11) is 1.53. The standard InChI is InChI=1S/C14H11NO3S/c1-18-10-2-3-12-11(6-10)13(16)14(17)15(12)7-9-4-5-19-8-9/h2-6,8H,7H2,1H3. The van der Waals surface area contributed by atoms with E-state index >= 15 is 0 Å². The zero-order valence-electron chi connectivity index (χ0n) is 10.3. The minimum Gasteiger partial charge on any atom is -0.497 e. The van der Waals surface area contributed by atoms with Gasteiger partial charge in [0.15, 0.2) is 0 Å². The number of Topliss-reactive ketones (excluding diaryl/α,β-unsaturated/α-hetero) is 1. The van der Waals surface area contributed by atoms with Crippen LogP contribution in [0.1, 0.15) is 15.9 Å². The van der Waals surface area contributed by atoms with Crippen molar-refractivity contribution in [2.45, 2.75) is 6.54 Å². The van der Waals surface area contributed by atoms with Crippen molar-refractivity contribution in [3.63, 3.8) is 0 Å². The van der Waals surface area contributed by atoms with Crippen molar-refractivity contribution >= 4 is 28.7 Å². The molecule has 0 spiro atoms.